The number of hydrogen-bond donors (Lipinski definition) is 1. The summed E-state index contributed by atoms with van der Waals surface area (Å²) in [4.78, 5) is 13.5. The highest BCUT2D eigenvalue weighted by Gasteiger charge is 2.61. The summed E-state index contributed by atoms with van der Waals surface area (Å²) in [7, 11) is 0. The van der Waals surface area contributed by atoms with Crippen molar-refractivity contribution in [2.75, 3.05) is 0 Å². The zero-order valence-corrected chi connectivity index (χ0v) is 19.4. The van der Waals surface area contributed by atoms with E-state index in [0.29, 0.717) is 23.0 Å². The van der Waals surface area contributed by atoms with Gasteiger partial charge in [0.15, 0.2) is 5.78 Å². The summed E-state index contributed by atoms with van der Waals surface area (Å²) in [6.45, 7) is 9.15. The van der Waals surface area contributed by atoms with Crippen molar-refractivity contribution < 1.29 is 9.90 Å². The molecule has 0 unspecified atom stereocenters. The van der Waals surface area contributed by atoms with Gasteiger partial charge < -0.3 is 5.11 Å². The number of ketones is 1. The van der Waals surface area contributed by atoms with Crippen LogP contribution in [0.1, 0.15) is 94.5 Å². The second-order valence-corrected chi connectivity index (χ2v) is 12.3. The molecule has 30 heavy (non-hydrogen) atoms. The maximum Gasteiger partial charge on any atom is 0.166 e. The molecule has 2 nitrogen and oxygen atoms in total. The summed E-state index contributed by atoms with van der Waals surface area (Å²) in [6.07, 6.45) is 10.5. The molecule has 4 fully saturated rings. The normalized spacial score (nSPS) is 47.8. The Labute approximate surface area is 182 Å². The molecule has 164 valence electrons. The van der Waals surface area contributed by atoms with E-state index in [0.717, 1.165) is 36.7 Å². The molecule has 1 aromatic rings. The molecule has 0 saturated heterocycles. The first-order valence-corrected chi connectivity index (χ1v) is 12.5. The van der Waals surface area contributed by atoms with Crippen LogP contribution in [-0.2, 0) is 0 Å². The number of Topliss-reactive ketones (excluding diaryl/α,β-unsaturated/α-hetero) is 1. The zero-order chi connectivity index (χ0) is 21.3. The minimum atomic E-state index is -0.459. The van der Waals surface area contributed by atoms with Gasteiger partial charge in [0.2, 0.25) is 0 Å². The third-order valence-corrected chi connectivity index (χ3v) is 10.6. The Morgan fingerprint density at radius 1 is 0.867 bits per heavy atom. The van der Waals surface area contributed by atoms with Gasteiger partial charge in [0.05, 0.1) is 5.60 Å². The molecule has 0 radical (unpaired) electrons. The van der Waals surface area contributed by atoms with Gasteiger partial charge in [-0.05, 0) is 106 Å². The molecule has 0 aliphatic heterocycles. The summed E-state index contributed by atoms with van der Waals surface area (Å²) >= 11 is 0. The van der Waals surface area contributed by atoms with Crippen LogP contribution in [0.15, 0.2) is 24.3 Å². The molecule has 5 rings (SSSR count). The van der Waals surface area contributed by atoms with Crippen molar-refractivity contribution in [1.82, 2.24) is 0 Å². The Hall–Kier alpha value is -1.15. The standard InChI is InChI=1S/C28H40O2/c1-18-5-7-19(8-6-18)25(29)24-12-11-22-21-10-9-20-17-26(2,30)15-16-27(20,3)23(21)13-14-28(22,24)4/h5-8,20-24,30H,9-17H2,1-4H3/t20-,21+,22+,23+,24-,26-,27+,28+/m1/s1. The largest absolute Gasteiger partial charge is 0.390 e. The highest BCUT2D eigenvalue weighted by molar-refractivity contribution is 5.98. The molecule has 1 aromatic carbocycles. The number of carbonyl (C=O) groups is 1. The Kier molecular flexibility index (Phi) is 4.79. The Balaban J connectivity index is 1.39. The third kappa shape index (κ3) is 3.04. The van der Waals surface area contributed by atoms with Crippen molar-refractivity contribution in [1.29, 1.82) is 0 Å². The zero-order valence-electron chi connectivity index (χ0n) is 19.4. The molecule has 0 spiro atoms. The van der Waals surface area contributed by atoms with Crippen molar-refractivity contribution in [3.05, 3.63) is 35.4 Å². The number of carbonyl (C=O) groups excluding carboxylic acids is 1. The fraction of sp³-hybridized carbons (Fsp3) is 0.750. The lowest BCUT2D eigenvalue weighted by Gasteiger charge is -2.61. The van der Waals surface area contributed by atoms with Crippen LogP contribution in [0.5, 0.6) is 0 Å². The van der Waals surface area contributed by atoms with Crippen molar-refractivity contribution in [2.45, 2.75) is 91.1 Å². The molecule has 0 heterocycles. The van der Waals surface area contributed by atoms with Gasteiger partial charge in [-0.25, -0.2) is 0 Å². The highest BCUT2D eigenvalue weighted by Crippen LogP contribution is 2.68. The van der Waals surface area contributed by atoms with E-state index >= 15 is 0 Å². The van der Waals surface area contributed by atoms with E-state index in [1.807, 2.05) is 12.1 Å². The Morgan fingerprint density at radius 3 is 2.30 bits per heavy atom. The van der Waals surface area contributed by atoms with Crippen LogP contribution < -0.4 is 0 Å². The first-order valence-electron chi connectivity index (χ1n) is 12.5. The number of rotatable bonds is 2. The molecule has 4 saturated carbocycles. The fourth-order valence-corrected chi connectivity index (χ4v) is 8.78. The van der Waals surface area contributed by atoms with Crippen LogP contribution in [0.3, 0.4) is 0 Å². The van der Waals surface area contributed by atoms with Gasteiger partial charge in [-0.1, -0.05) is 43.7 Å². The average Bonchev–Trinajstić information content (AvgIpc) is 3.05. The van der Waals surface area contributed by atoms with Crippen molar-refractivity contribution in [2.24, 2.45) is 40.4 Å². The van der Waals surface area contributed by atoms with E-state index in [4.69, 9.17) is 0 Å². The molecular weight excluding hydrogens is 368 g/mol. The smallest absolute Gasteiger partial charge is 0.166 e. The first kappa shape index (κ1) is 20.7. The molecule has 0 bridgehead atoms. The van der Waals surface area contributed by atoms with Gasteiger partial charge in [-0.15, -0.1) is 0 Å². The monoisotopic (exact) mass is 408 g/mol. The quantitative estimate of drug-likeness (QED) is 0.561. The number of hydrogen-bond acceptors (Lipinski definition) is 2. The Bertz CT molecular complexity index is 824. The molecule has 4 aliphatic rings. The van der Waals surface area contributed by atoms with Gasteiger partial charge in [-0.2, -0.15) is 0 Å². The molecule has 0 aromatic heterocycles. The van der Waals surface area contributed by atoms with Gasteiger partial charge in [-0.3, -0.25) is 4.79 Å². The maximum atomic E-state index is 13.5. The summed E-state index contributed by atoms with van der Waals surface area (Å²) < 4.78 is 0. The average molecular weight is 409 g/mol. The van der Waals surface area contributed by atoms with Crippen LogP contribution in [0.2, 0.25) is 0 Å². The molecule has 0 amide bonds. The minimum absolute atomic E-state index is 0.173. The fourth-order valence-electron chi connectivity index (χ4n) is 8.78. The van der Waals surface area contributed by atoms with Gasteiger partial charge in [0.25, 0.3) is 0 Å². The van der Waals surface area contributed by atoms with E-state index in [-0.39, 0.29) is 11.3 Å². The molecule has 4 aliphatic carbocycles. The van der Waals surface area contributed by atoms with E-state index in [1.165, 1.54) is 44.1 Å². The second kappa shape index (κ2) is 6.92. The number of fused-ring (bicyclic) bond motifs is 5. The molecule has 1 N–H and O–H groups in total. The predicted octanol–water partition coefficient (Wildman–Crippen LogP) is 6.59. The first-order chi connectivity index (χ1) is 14.1. The van der Waals surface area contributed by atoms with E-state index in [1.54, 1.807) is 0 Å². The lowest BCUT2D eigenvalue weighted by atomic mass is 9.44. The van der Waals surface area contributed by atoms with Gasteiger partial charge >= 0.3 is 0 Å². The molecule has 8 atom stereocenters. The molecular formula is C28H40O2. The van der Waals surface area contributed by atoms with Crippen LogP contribution in [-0.4, -0.2) is 16.5 Å². The van der Waals surface area contributed by atoms with Crippen molar-refractivity contribution >= 4 is 5.78 Å². The molecule has 2 heteroatoms. The topological polar surface area (TPSA) is 37.3 Å². The Morgan fingerprint density at radius 2 is 1.57 bits per heavy atom. The van der Waals surface area contributed by atoms with Gasteiger partial charge in [0, 0.05) is 11.5 Å². The number of benzene rings is 1. The maximum absolute atomic E-state index is 13.5. The summed E-state index contributed by atoms with van der Waals surface area (Å²) in [5.74, 6) is 3.55. The van der Waals surface area contributed by atoms with Crippen molar-refractivity contribution in [3.63, 3.8) is 0 Å². The van der Waals surface area contributed by atoms with Crippen LogP contribution in [0.25, 0.3) is 0 Å². The lowest BCUT2D eigenvalue weighted by Crippen LogP contribution is -2.55. The SMILES string of the molecule is Cc1ccc(C(=O)[C@H]2CC[C@H]3[C@@H]4CC[C@@H]5C[C@](C)(O)CC[C@]5(C)[C@H]4CC[C@]23C)cc1. The van der Waals surface area contributed by atoms with E-state index in [9.17, 15) is 9.90 Å². The van der Waals surface area contributed by atoms with Crippen LogP contribution in [0, 0.1) is 47.3 Å². The number of aryl methyl sites for hydroxylation is 1. The lowest BCUT2D eigenvalue weighted by molar-refractivity contribution is -0.144. The predicted molar refractivity (Wildman–Crippen MR) is 121 cm³/mol. The summed E-state index contributed by atoms with van der Waals surface area (Å²) in [5, 5.41) is 10.7. The second-order valence-electron chi connectivity index (χ2n) is 12.3. The van der Waals surface area contributed by atoms with Crippen LogP contribution >= 0.6 is 0 Å². The van der Waals surface area contributed by atoms with E-state index < -0.39 is 5.60 Å². The summed E-state index contributed by atoms with van der Waals surface area (Å²) in [6, 6.07) is 8.25. The van der Waals surface area contributed by atoms with Gasteiger partial charge in [0.1, 0.15) is 0 Å². The van der Waals surface area contributed by atoms with Crippen molar-refractivity contribution in [3.8, 4) is 0 Å². The number of aliphatic hydroxyl groups is 1. The third-order valence-electron chi connectivity index (χ3n) is 10.6. The highest BCUT2D eigenvalue weighted by atomic mass is 16.3. The van der Waals surface area contributed by atoms with E-state index in [2.05, 4.69) is 39.8 Å². The minimum Gasteiger partial charge on any atom is -0.390 e. The summed E-state index contributed by atoms with van der Waals surface area (Å²) in [5.41, 5.74) is 2.25. The van der Waals surface area contributed by atoms with Crippen LogP contribution in [0.4, 0.5) is 0 Å².